The molecular formula is C19H28O7S. The second-order valence-electron chi connectivity index (χ2n) is 7.67. The fourth-order valence-corrected chi connectivity index (χ4v) is 2.53. The Morgan fingerprint density at radius 3 is 2.07 bits per heavy atom. The zero-order valence-corrected chi connectivity index (χ0v) is 17.7. The Kier molecular flexibility index (Phi) is 7.42. The van der Waals surface area contributed by atoms with Gasteiger partial charge in [0.15, 0.2) is 0 Å². The minimum absolute atomic E-state index is 0.0264. The molecule has 152 valence electrons. The summed E-state index contributed by atoms with van der Waals surface area (Å²) in [5, 5.41) is 0. The molecule has 0 spiro atoms. The highest BCUT2D eigenvalue weighted by atomic mass is 32.2. The molecule has 1 rings (SSSR count). The van der Waals surface area contributed by atoms with Gasteiger partial charge < -0.3 is 13.7 Å². The van der Waals surface area contributed by atoms with Crippen molar-refractivity contribution in [2.45, 2.75) is 47.0 Å². The Labute approximate surface area is 161 Å². The van der Waals surface area contributed by atoms with Crippen LogP contribution in [-0.4, -0.2) is 33.2 Å². The van der Waals surface area contributed by atoms with Crippen LogP contribution >= 0.6 is 0 Å². The lowest BCUT2D eigenvalue weighted by molar-refractivity contribution is -0.149. The van der Waals surface area contributed by atoms with Gasteiger partial charge in [-0.3, -0.25) is 9.59 Å². The summed E-state index contributed by atoms with van der Waals surface area (Å²) in [4.78, 5) is 23.8. The molecular weight excluding hydrogens is 372 g/mol. The third-order valence-electron chi connectivity index (χ3n) is 3.66. The van der Waals surface area contributed by atoms with Crippen molar-refractivity contribution in [2.75, 3.05) is 12.9 Å². The highest BCUT2D eigenvalue weighted by molar-refractivity contribution is 7.86. The molecule has 8 heteroatoms. The Bertz CT molecular complexity index is 792. The van der Waals surface area contributed by atoms with Gasteiger partial charge in [0, 0.05) is 11.0 Å². The first-order chi connectivity index (χ1) is 12.2. The molecule has 7 nitrogen and oxygen atoms in total. The average Bonchev–Trinajstić information content (AvgIpc) is 2.52. The minimum atomic E-state index is -3.72. The molecule has 0 saturated carbocycles. The van der Waals surface area contributed by atoms with Gasteiger partial charge >= 0.3 is 22.1 Å². The minimum Gasteiger partial charge on any atom is -0.465 e. The third kappa shape index (κ3) is 7.21. The van der Waals surface area contributed by atoms with Crippen molar-refractivity contribution < 1.29 is 31.7 Å². The van der Waals surface area contributed by atoms with Crippen molar-refractivity contribution in [1.29, 1.82) is 0 Å². The largest absolute Gasteiger partial charge is 0.465 e. The standard InChI is InChI=1S/C19H28O7S/c1-12(2)17(20)24-11-19(5,6)15-10-14(26-27(7,22)23)8-9-16(15)25-18(21)13(3)4/h8-10,12-13H,11H2,1-7H3. The molecule has 0 fully saturated rings. The van der Waals surface area contributed by atoms with E-state index in [-0.39, 0.29) is 35.9 Å². The first kappa shape index (κ1) is 23.0. The van der Waals surface area contributed by atoms with E-state index in [1.807, 2.05) is 0 Å². The van der Waals surface area contributed by atoms with E-state index in [4.69, 9.17) is 13.7 Å². The van der Waals surface area contributed by atoms with E-state index >= 15 is 0 Å². The molecule has 0 heterocycles. The molecule has 0 aliphatic heterocycles. The lowest BCUT2D eigenvalue weighted by Crippen LogP contribution is -2.29. The lowest BCUT2D eigenvalue weighted by Gasteiger charge is -2.27. The summed E-state index contributed by atoms with van der Waals surface area (Å²) in [5.41, 5.74) is -0.261. The van der Waals surface area contributed by atoms with Gasteiger partial charge in [0.1, 0.15) is 18.1 Å². The van der Waals surface area contributed by atoms with Crippen LogP contribution in [0.3, 0.4) is 0 Å². The van der Waals surface area contributed by atoms with Crippen molar-refractivity contribution in [3.8, 4) is 11.5 Å². The summed E-state index contributed by atoms with van der Waals surface area (Å²) >= 11 is 0. The zero-order valence-electron chi connectivity index (χ0n) is 16.9. The number of esters is 2. The van der Waals surface area contributed by atoms with Crippen molar-refractivity contribution in [3.63, 3.8) is 0 Å². The van der Waals surface area contributed by atoms with Crippen LogP contribution in [0, 0.1) is 11.8 Å². The summed E-state index contributed by atoms with van der Waals surface area (Å²) in [5.74, 6) is -1.05. The van der Waals surface area contributed by atoms with Crippen LogP contribution in [0.4, 0.5) is 0 Å². The van der Waals surface area contributed by atoms with Gasteiger partial charge in [-0.05, 0) is 18.2 Å². The maximum atomic E-state index is 12.0. The molecule has 1 aromatic rings. The van der Waals surface area contributed by atoms with Crippen LogP contribution in [0.15, 0.2) is 18.2 Å². The van der Waals surface area contributed by atoms with Crippen molar-refractivity contribution >= 4 is 22.1 Å². The Balaban J connectivity index is 3.28. The third-order valence-corrected chi connectivity index (χ3v) is 4.15. The van der Waals surface area contributed by atoms with E-state index in [9.17, 15) is 18.0 Å². The molecule has 0 aromatic heterocycles. The lowest BCUT2D eigenvalue weighted by atomic mass is 9.84. The number of benzene rings is 1. The fraction of sp³-hybridized carbons (Fsp3) is 0.579. The molecule has 0 unspecified atom stereocenters. The number of rotatable bonds is 8. The summed E-state index contributed by atoms with van der Waals surface area (Å²) in [7, 11) is -3.72. The van der Waals surface area contributed by atoms with Gasteiger partial charge in [-0.25, -0.2) is 0 Å². The predicted octanol–water partition coefficient (Wildman–Crippen LogP) is 3.06. The van der Waals surface area contributed by atoms with Gasteiger partial charge in [0.25, 0.3) is 0 Å². The molecule has 0 saturated heterocycles. The van der Waals surface area contributed by atoms with Crippen LogP contribution < -0.4 is 8.92 Å². The SMILES string of the molecule is CC(C)C(=O)OCC(C)(C)c1cc(OS(C)(=O)=O)ccc1OC(=O)C(C)C. The molecule has 0 aliphatic rings. The van der Waals surface area contributed by atoms with E-state index in [1.54, 1.807) is 41.5 Å². The van der Waals surface area contributed by atoms with E-state index < -0.39 is 21.5 Å². The summed E-state index contributed by atoms with van der Waals surface area (Å²) < 4.78 is 38.6. The van der Waals surface area contributed by atoms with Crippen molar-refractivity contribution in [1.82, 2.24) is 0 Å². The molecule has 27 heavy (non-hydrogen) atoms. The maximum Gasteiger partial charge on any atom is 0.313 e. The first-order valence-corrected chi connectivity index (χ1v) is 10.5. The monoisotopic (exact) mass is 400 g/mol. The predicted molar refractivity (Wildman–Crippen MR) is 101 cm³/mol. The summed E-state index contributed by atoms with van der Waals surface area (Å²) in [6.07, 6.45) is 0.939. The molecule has 1 aromatic carbocycles. The topological polar surface area (TPSA) is 96.0 Å². The van der Waals surface area contributed by atoms with Crippen molar-refractivity contribution in [3.05, 3.63) is 23.8 Å². The molecule has 0 atom stereocenters. The smallest absolute Gasteiger partial charge is 0.313 e. The Morgan fingerprint density at radius 1 is 1.04 bits per heavy atom. The second-order valence-corrected chi connectivity index (χ2v) is 9.24. The van der Waals surface area contributed by atoms with Crippen LogP contribution in [0.1, 0.15) is 47.1 Å². The van der Waals surface area contributed by atoms with Crippen LogP contribution in [-0.2, 0) is 29.9 Å². The zero-order chi connectivity index (χ0) is 21.0. The van der Waals surface area contributed by atoms with Gasteiger partial charge in [-0.2, -0.15) is 8.42 Å². The van der Waals surface area contributed by atoms with Crippen molar-refractivity contribution in [2.24, 2.45) is 11.8 Å². The Morgan fingerprint density at radius 2 is 1.59 bits per heavy atom. The molecule has 0 aliphatic carbocycles. The van der Waals surface area contributed by atoms with E-state index in [1.165, 1.54) is 18.2 Å². The first-order valence-electron chi connectivity index (χ1n) is 8.65. The normalized spacial score (nSPS) is 12.2. The van der Waals surface area contributed by atoms with Gasteiger partial charge in [-0.15, -0.1) is 0 Å². The molecule has 0 N–H and O–H groups in total. The van der Waals surface area contributed by atoms with Gasteiger partial charge in [0.2, 0.25) is 0 Å². The van der Waals surface area contributed by atoms with Gasteiger partial charge in [-0.1, -0.05) is 41.5 Å². The van der Waals surface area contributed by atoms with E-state index in [0.717, 1.165) is 6.26 Å². The average molecular weight is 400 g/mol. The van der Waals surface area contributed by atoms with E-state index in [0.29, 0.717) is 5.56 Å². The van der Waals surface area contributed by atoms with Gasteiger partial charge in [0.05, 0.1) is 18.1 Å². The summed E-state index contributed by atoms with van der Waals surface area (Å²) in [6.45, 7) is 10.5. The quantitative estimate of drug-likeness (QED) is 0.376. The van der Waals surface area contributed by atoms with E-state index in [2.05, 4.69) is 0 Å². The molecule has 0 amide bonds. The maximum absolute atomic E-state index is 12.0. The number of carbonyl (C=O) groups is 2. The Hall–Kier alpha value is -2.09. The fourth-order valence-electron chi connectivity index (χ4n) is 2.08. The molecule has 0 bridgehead atoms. The number of ether oxygens (including phenoxy) is 2. The number of hydrogen-bond acceptors (Lipinski definition) is 7. The highest BCUT2D eigenvalue weighted by Crippen LogP contribution is 2.36. The number of hydrogen-bond donors (Lipinski definition) is 0. The van der Waals surface area contributed by atoms with Crippen LogP contribution in [0.5, 0.6) is 11.5 Å². The highest BCUT2D eigenvalue weighted by Gasteiger charge is 2.29. The second kappa shape index (κ2) is 8.73. The van der Waals surface area contributed by atoms with Crippen LogP contribution in [0.2, 0.25) is 0 Å². The summed E-state index contributed by atoms with van der Waals surface area (Å²) in [6, 6.07) is 4.36. The molecule has 0 radical (unpaired) electrons. The van der Waals surface area contributed by atoms with Crippen LogP contribution in [0.25, 0.3) is 0 Å². The number of carbonyl (C=O) groups excluding carboxylic acids is 2.